The average molecular weight is 345 g/mol. The first kappa shape index (κ1) is 16.1. The van der Waals surface area contributed by atoms with E-state index in [0.717, 1.165) is 0 Å². The molecule has 2 aromatic carbocycles. The van der Waals surface area contributed by atoms with Crippen LogP contribution in [0.3, 0.4) is 0 Å². The van der Waals surface area contributed by atoms with Crippen LogP contribution in [-0.4, -0.2) is 15.8 Å². The van der Waals surface area contributed by atoms with E-state index in [-0.39, 0.29) is 22.1 Å². The van der Waals surface area contributed by atoms with Gasteiger partial charge in [-0.25, -0.2) is 14.8 Å². The van der Waals surface area contributed by atoms with Crippen LogP contribution in [0.2, 0.25) is 5.02 Å². The molecule has 1 aromatic heterocycles. The molecule has 1 heterocycles. The van der Waals surface area contributed by atoms with Crippen LogP contribution in [0.1, 0.15) is 12.5 Å². The van der Waals surface area contributed by atoms with Crippen LogP contribution in [0.25, 0.3) is 10.9 Å². The fourth-order valence-corrected chi connectivity index (χ4v) is 2.55. The topological polar surface area (TPSA) is 59.3 Å². The Morgan fingerprint density at radius 3 is 2.83 bits per heavy atom. The summed E-state index contributed by atoms with van der Waals surface area (Å²) in [5, 5.41) is 4.75. The van der Waals surface area contributed by atoms with Crippen molar-refractivity contribution in [2.45, 2.75) is 13.5 Å². The predicted molar refractivity (Wildman–Crippen MR) is 94.3 cm³/mol. The van der Waals surface area contributed by atoms with Gasteiger partial charge in [0.05, 0.1) is 22.1 Å². The Labute approximate surface area is 142 Å². The maximum Gasteiger partial charge on any atom is 0.262 e. The first-order valence-electron chi connectivity index (χ1n) is 7.34. The van der Waals surface area contributed by atoms with E-state index in [1.165, 1.54) is 22.9 Å². The van der Waals surface area contributed by atoms with Crippen molar-refractivity contribution in [1.82, 2.24) is 9.55 Å². The highest BCUT2D eigenvalue weighted by molar-refractivity contribution is 6.33. The first-order chi connectivity index (χ1) is 11.6. The van der Waals surface area contributed by atoms with Crippen LogP contribution in [0, 0.1) is 5.82 Å². The van der Waals surface area contributed by atoms with Crippen molar-refractivity contribution in [2.75, 3.05) is 5.43 Å². The summed E-state index contributed by atoms with van der Waals surface area (Å²) in [6.07, 6.45) is 1.26. The molecule has 122 valence electrons. The number of halogens is 2. The summed E-state index contributed by atoms with van der Waals surface area (Å²) in [5.41, 5.74) is 3.26. The lowest BCUT2D eigenvalue weighted by molar-refractivity contribution is 0.626. The van der Waals surface area contributed by atoms with Gasteiger partial charge < -0.3 is 0 Å². The van der Waals surface area contributed by atoms with Gasteiger partial charge in [-0.3, -0.25) is 9.36 Å². The number of nitrogens with one attached hydrogen (secondary N) is 1. The lowest BCUT2D eigenvalue weighted by Crippen LogP contribution is -2.23. The van der Waals surface area contributed by atoms with Crippen LogP contribution in [-0.2, 0) is 6.54 Å². The van der Waals surface area contributed by atoms with Crippen LogP contribution in [0.4, 0.5) is 10.3 Å². The molecule has 0 bridgehead atoms. The molecule has 0 amide bonds. The number of hydrogen-bond acceptors (Lipinski definition) is 4. The average Bonchev–Trinajstić information content (AvgIpc) is 2.58. The second-order valence-corrected chi connectivity index (χ2v) is 5.41. The van der Waals surface area contributed by atoms with Crippen molar-refractivity contribution in [1.29, 1.82) is 0 Å². The number of hydrogen-bond donors (Lipinski definition) is 1. The number of fused-ring (bicyclic) bond motifs is 1. The summed E-state index contributed by atoms with van der Waals surface area (Å²) in [6.45, 7) is 2.26. The molecule has 0 saturated heterocycles. The van der Waals surface area contributed by atoms with Gasteiger partial charge in [-0.2, -0.15) is 5.10 Å². The summed E-state index contributed by atoms with van der Waals surface area (Å²) < 4.78 is 15.2. The molecule has 3 aromatic rings. The van der Waals surface area contributed by atoms with Crippen molar-refractivity contribution in [3.63, 3.8) is 0 Å². The van der Waals surface area contributed by atoms with Crippen LogP contribution in [0.5, 0.6) is 0 Å². The summed E-state index contributed by atoms with van der Waals surface area (Å²) in [7, 11) is 0. The lowest BCUT2D eigenvalue weighted by Gasteiger charge is -2.10. The second kappa shape index (κ2) is 6.80. The van der Waals surface area contributed by atoms with Gasteiger partial charge in [0.25, 0.3) is 5.56 Å². The molecule has 0 radical (unpaired) electrons. The Morgan fingerprint density at radius 1 is 1.29 bits per heavy atom. The molecular weight excluding hydrogens is 331 g/mol. The van der Waals surface area contributed by atoms with Gasteiger partial charge in [0.15, 0.2) is 0 Å². The van der Waals surface area contributed by atoms with E-state index in [1.807, 2.05) is 6.92 Å². The summed E-state index contributed by atoms with van der Waals surface area (Å²) in [6, 6.07) is 11.4. The lowest BCUT2D eigenvalue weighted by atomic mass is 10.2. The Morgan fingerprint density at radius 2 is 2.08 bits per heavy atom. The van der Waals surface area contributed by atoms with Gasteiger partial charge in [0.1, 0.15) is 5.82 Å². The van der Waals surface area contributed by atoms with Crippen molar-refractivity contribution in [2.24, 2.45) is 5.10 Å². The summed E-state index contributed by atoms with van der Waals surface area (Å²) in [5.74, 6) is -0.197. The zero-order valence-electron chi connectivity index (χ0n) is 12.8. The van der Waals surface area contributed by atoms with Crippen molar-refractivity contribution in [3.05, 3.63) is 69.2 Å². The zero-order chi connectivity index (χ0) is 17.1. The number of anilines is 1. The molecule has 0 spiro atoms. The molecule has 5 nitrogen and oxygen atoms in total. The SMILES string of the molecule is CCn1c(N/N=C\c2c(F)cccc2Cl)nc2ccccc2c1=O. The quantitative estimate of drug-likeness (QED) is 0.580. The van der Waals surface area contributed by atoms with Gasteiger partial charge in [-0.05, 0) is 31.2 Å². The van der Waals surface area contributed by atoms with E-state index in [1.54, 1.807) is 30.3 Å². The Balaban J connectivity index is 1.98. The molecule has 0 atom stereocenters. The zero-order valence-corrected chi connectivity index (χ0v) is 13.6. The Bertz CT molecular complexity index is 964. The van der Waals surface area contributed by atoms with Gasteiger partial charge in [-0.15, -0.1) is 0 Å². The number of para-hydroxylation sites is 1. The van der Waals surface area contributed by atoms with Gasteiger partial charge in [0, 0.05) is 12.1 Å². The molecule has 0 unspecified atom stereocenters. The van der Waals surface area contributed by atoms with Gasteiger partial charge in [-0.1, -0.05) is 29.8 Å². The first-order valence-corrected chi connectivity index (χ1v) is 7.72. The molecule has 0 fully saturated rings. The number of benzene rings is 2. The highest BCUT2D eigenvalue weighted by atomic mass is 35.5. The van der Waals surface area contributed by atoms with Crippen molar-refractivity contribution in [3.8, 4) is 0 Å². The third-order valence-electron chi connectivity index (χ3n) is 3.54. The maximum atomic E-state index is 13.7. The molecule has 3 rings (SSSR count). The summed E-state index contributed by atoms with van der Waals surface area (Å²) >= 11 is 5.94. The Kier molecular flexibility index (Phi) is 4.57. The summed E-state index contributed by atoms with van der Waals surface area (Å²) in [4.78, 5) is 16.9. The van der Waals surface area contributed by atoms with E-state index in [9.17, 15) is 9.18 Å². The molecule has 0 saturated carbocycles. The van der Waals surface area contributed by atoms with E-state index >= 15 is 0 Å². The third kappa shape index (κ3) is 3.00. The molecular formula is C17H14ClFN4O. The van der Waals surface area contributed by atoms with Crippen LogP contribution in [0.15, 0.2) is 52.4 Å². The van der Waals surface area contributed by atoms with Crippen molar-refractivity contribution >= 4 is 34.7 Å². The van der Waals surface area contributed by atoms with Gasteiger partial charge in [0.2, 0.25) is 5.95 Å². The standard InChI is InChI=1S/C17H14ClFN4O/c1-2-23-16(24)11-6-3-4-9-15(11)21-17(23)22-20-10-12-13(18)7-5-8-14(12)19/h3-10H,2H2,1H3,(H,21,22)/b20-10-. The van der Waals surface area contributed by atoms with E-state index in [4.69, 9.17) is 11.6 Å². The fourth-order valence-electron chi connectivity index (χ4n) is 2.34. The van der Waals surface area contributed by atoms with Crippen molar-refractivity contribution < 1.29 is 4.39 Å². The van der Waals surface area contributed by atoms with E-state index in [0.29, 0.717) is 17.4 Å². The largest absolute Gasteiger partial charge is 0.277 e. The van der Waals surface area contributed by atoms with Crippen LogP contribution >= 0.6 is 11.6 Å². The monoisotopic (exact) mass is 344 g/mol. The van der Waals surface area contributed by atoms with Crippen LogP contribution < -0.4 is 11.0 Å². The minimum Gasteiger partial charge on any atom is -0.277 e. The van der Waals surface area contributed by atoms with E-state index < -0.39 is 5.82 Å². The Hall–Kier alpha value is -2.73. The number of aromatic nitrogens is 2. The molecule has 1 N–H and O–H groups in total. The number of nitrogens with zero attached hydrogens (tertiary/aromatic N) is 3. The molecule has 0 aliphatic rings. The molecule has 0 aliphatic heterocycles. The third-order valence-corrected chi connectivity index (χ3v) is 3.87. The molecule has 24 heavy (non-hydrogen) atoms. The normalized spacial score (nSPS) is 11.3. The number of rotatable bonds is 4. The predicted octanol–water partition coefficient (Wildman–Crippen LogP) is 3.65. The molecule has 0 aliphatic carbocycles. The maximum absolute atomic E-state index is 13.7. The molecule has 7 heteroatoms. The highest BCUT2D eigenvalue weighted by Crippen LogP contribution is 2.17. The smallest absolute Gasteiger partial charge is 0.262 e. The van der Waals surface area contributed by atoms with Gasteiger partial charge >= 0.3 is 0 Å². The fraction of sp³-hybridized carbons (Fsp3) is 0.118. The minimum absolute atomic E-state index is 0.162. The second-order valence-electron chi connectivity index (χ2n) is 5.01. The minimum atomic E-state index is -0.479. The highest BCUT2D eigenvalue weighted by Gasteiger charge is 2.09. The number of hydrazone groups is 1. The van der Waals surface area contributed by atoms with E-state index in [2.05, 4.69) is 15.5 Å².